The summed E-state index contributed by atoms with van der Waals surface area (Å²) in [5.74, 6) is 1.07. The van der Waals surface area contributed by atoms with Crippen LogP contribution in [0.3, 0.4) is 0 Å². The van der Waals surface area contributed by atoms with Gasteiger partial charge in [-0.1, -0.05) is 49.2 Å². The minimum atomic E-state index is -0.756. The number of hydrogen-bond acceptors (Lipinski definition) is 5. The molecule has 6 nitrogen and oxygen atoms in total. The van der Waals surface area contributed by atoms with Gasteiger partial charge in [0.1, 0.15) is 36.9 Å². The van der Waals surface area contributed by atoms with Crippen LogP contribution in [0.25, 0.3) is 0 Å². The van der Waals surface area contributed by atoms with E-state index in [0.29, 0.717) is 28.1 Å². The Balaban J connectivity index is 1.68. The van der Waals surface area contributed by atoms with Crippen molar-refractivity contribution in [3.8, 4) is 11.5 Å². The highest BCUT2D eigenvalue weighted by molar-refractivity contribution is 6.32. The first-order chi connectivity index (χ1) is 15.7. The molecular formula is C24H27Cl3N2O4. The molecular weight excluding hydrogens is 487 g/mol. The number of ether oxygens (including phenoxy) is 2. The molecule has 3 rings (SSSR count). The molecule has 2 N–H and O–H groups in total. The van der Waals surface area contributed by atoms with Gasteiger partial charge in [-0.25, -0.2) is 4.98 Å². The lowest BCUT2D eigenvalue weighted by Gasteiger charge is -2.27. The molecule has 0 aliphatic heterocycles. The zero-order chi connectivity index (χ0) is 24.0. The van der Waals surface area contributed by atoms with Gasteiger partial charge < -0.3 is 24.3 Å². The van der Waals surface area contributed by atoms with Crippen molar-refractivity contribution in [3.05, 3.63) is 76.3 Å². The Hall–Kier alpha value is -1.96. The van der Waals surface area contributed by atoms with E-state index in [9.17, 15) is 10.2 Å². The summed E-state index contributed by atoms with van der Waals surface area (Å²) in [6, 6.07) is 11.2. The van der Waals surface area contributed by atoms with Crippen molar-refractivity contribution in [2.75, 3.05) is 19.1 Å². The maximum Gasteiger partial charge on any atom is 0.138 e. The fourth-order valence-corrected chi connectivity index (χ4v) is 3.85. The topological polar surface area (TPSA) is 76.7 Å². The van der Waals surface area contributed by atoms with Crippen molar-refractivity contribution >= 4 is 34.8 Å². The number of halogens is 3. The Bertz CT molecular complexity index is 1040. The number of nitrogens with zero attached hydrogens (tertiary/aromatic N) is 2. The van der Waals surface area contributed by atoms with Gasteiger partial charge in [0.25, 0.3) is 0 Å². The minimum Gasteiger partial charge on any atom is -0.489 e. The second kappa shape index (κ2) is 11.4. The Kier molecular flexibility index (Phi) is 8.90. The number of aliphatic hydroxyl groups is 2. The Morgan fingerprint density at radius 2 is 1.48 bits per heavy atom. The van der Waals surface area contributed by atoms with Crippen molar-refractivity contribution in [2.45, 2.75) is 38.0 Å². The summed E-state index contributed by atoms with van der Waals surface area (Å²) < 4.78 is 13.1. The predicted molar refractivity (Wildman–Crippen MR) is 131 cm³/mol. The van der Waals surface area contributed by atoms with E-state index in [1.165, 1.54) is 0 Å². The van der Waals surface area contributed by atoms with Crippen LogP contribution in [0.4, 0.5) is 0 Å². The van der Waals surface area contributed by atoms with Crippen molar-refractivity contribution in [1.29, 1.82) is 0 Å². The van der Waals surface area contributed by atoms with Gasteiger partial charge in [0.05, 0.1) is 28.8 Å². The third-order valence-corrected chi connectivity index (χ3v) is 6.28. The number of rotatable bonds is 11. The Labute approximate surface area is 208 Å². The molecule has 33 heavy (non-hydrogen) atoms. The third-order valence-electron chi connectivity index (χ3n) is 5.33. The van der Waals surface area contributed by atoms with Crippen molar-refractivity contribution in [3.63, 3.8) is 0 Å². The number of aromatic nitrogens is 2. The van der Waals surface area contributed by atoms with Crippen LogP contribution in [0.5, 0.6) is 11.5 Å². The largest absolute Gasteiger partial charge is 0.489 e. The maximum absolute atomic E-state index is 10.2. The highest BCUT2D eigenvalue weighted by Gasteiger charge is 2.25. The van der Waals surface area contributed by atoms with Gasteiger partial charge in [0.15, 0.2) is 0 Å². The van der Waals surface area contributed by atoms with Gasteiger partial charge in [0, 0.05) is 17.8 Å². The molecule has 1 heterocycles. The van der Waals surface area contributed by atoms with Gasteiger partial charge in [-0.2, -0.15) is 0 Å². The number of aliphatic hydroxyl groups excluding tert-OH is 2. The Morgan fingerprint density at radius 3 is 1.94 bits per heavy atom. The van der Waals surface area contributed by atoms with Gasteiger partial charge >= 0.3 is 0 Å². The normalized spacial score (nSPS) is 13.5. The highest BCUT2D eigenvalue weighted by Crippen LogP contribution is 2.38. The van der Waals surface area contributed by atoms with E-state index < -0.39 is 17.6 Å². The van der Waals surface area contributed by atoms with Gasteiger partial charge in [-0.3, -0.25) is 0 Å². The zero-order valence-corrected chi connectivity index (χ0v) is 20.7. The molecule has 0 fully saturated rings. The van der Waals surface area contributed by atoms with Crippen LogP contribution in [0.15, 0.2) is 55.1 Å². The molecule has 3 aromatic rings. The third kappa shape index (κ3) is 6.78. The zero-order valence-electron chi connectivity index (χ0n) is 18.4. The molecule has 2 atom stereocenters. The van der Waals surface area contributed by atoms with Gasteiger partial charge in [0.2, 0.25) is 0 Å². The standard InChI is InChI=1S/C24H27Cl3N2O4/c1-24(2,16-3-5-22(20(26)9-16)32-13-18(30)11-25)17-4-6-23(21(27)10-17)33-14-19(31)12-29-8-7-28-15-29/h3-10,15,18-19,30-31H,11-14H2,1-2H3/t18-,19-/m1/s1. The van der Waals surface area contributed by atoms with E-state index in [1.54, 1.807) is 35.4 Å². The predicted octanol–water partition coefficient (Wildman–Crippen LogP) is 4.93. The van der Waals surface area contributed by atoms with Crippen molar-refractivity contribution in [2.24, 2.45) is 0 Å². The van der Waals surface area contributed by atoms with Crippen LogP contribution < -0.4 is 9.47 Å². The van der Waals surface area contributed by atoms with Gasteiger partial charge in [-0.15, -0.1) is 11.6 Å². The van der Waals surface area contributed by atoms with Crippen LogP contribution in [-0.2, 0) is 12.0 Å². The average molecular weight is 514 g/mol. The molecule has 178 valence electrons. The van der Waals surface area contributed by atoms with Crippen LogP contribution in [0.1, 0.15) is 25.0 Å². The quantitative estimate of drug-likeness (QED) is 0.355. The number of benzene rings is 2. The van der Waals surface area contributed by atoms with Crippen LogP contribution in [0, 0.1) is 0 Å². The van der Waals surface area contributed by atoms with Crippen LogP contribution in [-0.4, -0.2) is 51.1 Å². The summed E-state index contributed by atoms with van der Waals surface area (Å²) in [6.07, 6.45) is 3.63. The molecule has 0 spiro atoms. The second-order valence-electron chi connectivity index (χ2n) is 8.26. The molecule has 9 heteroatoms. The van der Waals surface area contributed by atoms with Crippen molar-refractivity contribution < 1.29 is 19.7 Å². The highest BCUT2D eigenvalue weighted by atomic mass is 35.5. The van der Waals surface area contributed by atoms with Crippen molar-refractivity contribution in [1.82, 2.24) is 9.55 Å². The summed E-state index contributed by atoms with van der Waals surface area (Å²) in [7, 11) is 0. The monoisotopic (exact) mass is 512 g/mol. The lowest BCUT2D eigenvalue weighted by Crippen LogP contribution is -2.23. The summed E-state index contributed by atoms with van der Waals surface area (Å²) in [5, 5.41) is 20.7. The van der Waals surface area contributed by atoms with E-state index in [-0.39, 0.29) is 19.1 Å². The molecule has 2 aromatic carbocycles. The molecule has 0 aliphatic carbocycles. The number of hydrogen-bond donors (Lipinski definition) is 2. The first-order valence-electron chi connectivity index (χ1n) is 10.4. The number of imidazole rings is 1. The fourth-order valence-electron chi connectivity index (χ4n) is 3.29. The molecule has 0 saturated heterocycles. The molecule has 0 amide bonds. The van der Waals surface area contributed by atoms with Crippen LogP contribution in [0.2, 0.25) is 10.0 Å². The van der Waals surface area contributed by atoms with Gasteiger partial charge in [-0.05, 0) is 35.4 Å². The van der Waals surface area contributed by atoms with E-state index in [0.717, 1.165) is 11.1 Å². The molecule has 0 saturated carbocycles. The summed E-state index contributed by atoms with van der Waals surface area (Å²) in [4.78, 5) is 3.95. The summed E-state index contributed by atoms with van der Waals surface area (Å²) in [6.45, 7) is 4.69. The smallest absolute Gasteiger partial charge is 0.138 e. The SMILES string of the molecule is CC(C)(c1ccc(OC[C@H](O)CCl)c(Cl)c1)c1ccc(OC[C@H](O)Cn2ccnc2)c(Cl)c1. The van der Waals surface area contributed by atoms with E-state index >= 15 is 0 Å². The molecule has 0 radical (unpaired) electrons. The second-order valence-corrected chi connectivity index (χ2v) is 9.38. The Morgan fingerprint density at radius 1 is 0.939 bits per heavy atom. The number of alkyl halides is 1. The average Bonchev–Trinajstić information content (AvgIpc) is 3.30. The summed E-state index contributed by atoms with van der Waals surface area (Å²) >= 11 is 18.5. The van der Waals surface area contributed by atoms with Crippen LogP contribution >= 0.6 is 34.8 Å². The van der Waals surface area contributed by atoms with E-state index in [1.807, 2.05) is 24.3 Å². The minimum absolute atomic E-state index is 0.0695. The molecule has 0 bridgehead atoms. The van der Waals surface area contributed by atoms with E-state index in [2.05, 4.69) is 18.8 Å². The molecule has 1 aromatic heterocycles. The fraction of sp³-hybridized carbons (Fsp3) is 0.375. The lowest BCUT2D eigenvalue weighted by molar-refractivity contribution is 0.0925. The maximum atomic E-state index is 10.2. The first kappa shape index (κ1) is 25.7. The first-order valence-corrected chi connectivity index (χ1v) is 11.7. The molecule has 0 unspecified atom stereocenters. The molecule has 0 aliphatic rings. The summed E-state index contributed by atoms with van der Waals surface area (Å²) in [5.41, 5.74) is 1.54. The van der Waals surface area contributed by atoms with E-state index in [4.69, 9.17) is 44.3 Å². The lowest BCUT2D eigenvalue weighted by atomic mass is 9.78.